The molecule has 0 bridgehead atoms. The molecule has 0 aliphatic carbocycles. The Morgan fingerprint density at radius 2 is 2.05 bits per heavy atom. The Morgan fingerprint density at radius 1 is 1.33 bits per heavy atom. The Bertz CT molecular complexity index is 699. The zero-order valence-corrected chi connectivity index (χ0v) is 12.6. The van der Waals surface area contributed by atoms with Gasteiger partial charge in [0.05, 0.1) is 28.6 Å². The first-order valence-electron chi connectivity index (χ1n) is 7.58. The smallest absolute Gasteiger partial charge is 0.258 e. The van der Waals surface area contributed by atoms with Crippen molar-refractivity contribution in [3.05, 3.63) is 28.8 Å². The first-order chi connectivity index (χ1) is 10.1. The summed E-state index contributed by atoms with van der Waals surface area (Å²) in [4.78, 5) is 20.9. The lowest BCUT2D eigenvalue weighted by Gasteiger charge is -2.36. The molecule has 1 aromatic carbocycles. The number of piperidine rings is 1. The number of aromatic amines is 1. The summed E-state index contributed by atoms with van der Waals surface area (Å²) in [5, 5.41) is 0.552. The molecule has 0 spiro atoms. The van der Waals surface area contributed by atoms with E-state index in [2.05, 4.69) is 28.7 Å². The van der Waals surface area contributed by atoms with Gasteiger partial charge in [0.15, 0.2) is 0 Å². The second-order valence-corrected chi connectivity index (χ2v) is 6.23. The number of H-pyrrole nitrogens is 1. The van der Waals surface area contributed by atoms with E-state index in [-0.39, 0.29) is 5.56 Å². The van der Waals surface area contributed by atoms with Gasteiger partial charge in [0.2, 0.25) is 0 Å². The van der Waals surface area contributed by atoms with Gasteiger partial charge < -0.3 is 15.6 Å². The Kier molecular flexibility index (Phi) is 3.57. The molecular formula is C16H22N4O. The Balaban J connectivity index is 1.91. The molecule has 0 atom stereocenters. The largest absolute Gasteiger partial charge is 0.397 e. The first-order valence-corrected chi connectivity index (χ1v) is 7.58. The van der Waals surface area contributed by atoms with Gasteiger partial charge in [-0.15, -0.1) is 0 Å². The first kappa shape index (κ1) is 13.9. The quantitative estimate of drug-likeness (QED) is 0.831. The van der Waals surface area contributed by atoms with Gasteiger partial charge in [-0.3, -0.25) is 4.79 Å². The van der Waals surface area contributed by atoms with E-state index in [1.54, 1.807) is 6.07 Å². The number of hydrogen-bond acceptors (Lipinski definition) is 4. The van der Waals surface area contributed by atoms with Crippen molar-refractivity contribution in [3.63, 3.8) is 0 Å². The normalized spacial score (nSPS) is 16.8. The van der Waals surface area contributed by atoms with E-state index in [1.807, 2.05) is 6.07 Å². The van der Waals surface area contributed by atoms with E-state index >= 15 is 0 Å². The minimum absolute atomic E-state index is 0.142. The molecule has 3 N–H and O–H groups in total. The Hall–Kier alpha value is -2.04. The van der Waals surface area contributed by atoms with Gasteiger partial charge in [-0.2, -0.15) is 0 Å². The molecule has 1 saturated heterocycles. The van der Waals surface area contributed by atoms with E-state index in [4.69, 9.17) is 5.73 Å². The van der Waals surface area contributed by atoms with E-state index in [0.29, 0.717) is 16.6 Å². The molecule has 3 rings (SSSR count). The van der Waals surface area contributed by atoms with Crippen LogP contribution in [0.3, 0.4) is 0 Å². The fourth-order valence-electron chi connectivity index (χ4n) is 3.20. The van der Waals surface area contributed by atoms with Crippen LogP contribution >= 0.6 is 0 Å². The maximum Gasteiger partial charge on any atom is 0.258 e. The molecule has 0 amide bonds. The summed E-state index contributed by atoms with van der Waals surface area (Å²) in [5.41, 5.74) is 8.38. The summed E-state index contributed by atoms with van der Waals surface area (Å²) >= 11 is 0. The molecule has 2 aromatic rings. The zero-order valence-electron chi connectivity index (χ0n) is 12.6. The fourth-order valence-corrected chi connectivity index (χ4v) is 3.20. The molecule has 5 nitrogen and oxygen atoms in total. The number of nitrogens with one attached hydrogen (secondary N) is 1. The number of fused-ring (bicyclic) bond motifs is 1. The molecule has 1 aromatic heterocycles. The topological polar surface area (TPSA) is 75.0 Å². The van der Waals surface area contributed by atoms with Crippen LogP contribution in [0, 0.1) is 11.8 Å². The van der Waals surface area contributed by atoms with Crippen LogP contribution in [0.25, 0.3) is 10.9 Å². The number of anilines is 2. The zero-order chi connectivity index (χ0) is 15.0. The van der Waals surface area contributed by atoms with Crippen LogP contribution in [0.1, 0.15) is 26.7 Å². The second-order valence-electron chi connectivity index (χ2n) is 6.23. The van der Waals surface area contributed by atoms with Crippen molar-refractivity contribution in [1.82, 2.24) is 9.97 Å². The van der Waals surface area contributed by atoms with Crippen LogP contribution < -0.4 is 16.2 Å². The highest BCUT2D eigenvalue weighted by Gasteiger charge is 2.23. The molecule has 1 aliphatic heterocycles. The number of hydrogen-bond donors (Lipinski definition) is 2. The minimum Gasteiger partial charge on any atom is -0.397 e. The molecule has 0 unspecified atom stereocenters. The van der Waals surface area contributed by atoms with Crippen molar-refractivity contribution in [1.29, 1.82) is 0 Å². The van der Waals surface area contributed by atoms with Crippen molar-refractivity contribution in [3.8, 4) is 0 Å². The van der Waals surface area contributed by atoms with Gasteiger partial charge in [0, 0.05) is 13.1 Å². The van der Waals surface area contributed by atoms with E-state index in [0.717, 1.165) is 30.6 Å². The third-order valence-electron chi connectivity index (χ3n) is 4.61. The van der Waals surface area contributed by atoms with Crippen molar-refractivity contribution < 1.29 is 0 Å². The number of benzene rings is 1. The van der Waals surface area contributed by atoms with Gasteiger partial charge in [-0.25, -0.2) is 4.98 Å². The van der Waals surface area contributed by atoms with Crippen LogP contribution in [0.5, 0.6) is 0 Å². The molecule has 0 saturated carbocycles. The molecule has 112 valence electrons. The second kappa shape index (κ2) is 5.39. The average molecular weight is 286 g/mol. The third kappa shape index (κ3) is 2.60. The lowest BCUT2D eigenvalue weighted by atomic mass is 9.86. The monoisotopic (exact) mass is 286 g/mol. The number of nitrogens with zero attached hydrogens (tertiary/aromatic N) is 2. The summed E-state index contributed by atoms with van der Waals surface area (Å²) in [6.45, 7) is 6.62. The standard InChI is InChI=1S/C16H22N4O/c1-10(2)11-3-5-20(6-4-11)15-8-14-12(7-13(15)17)16(21)19-9-18-14/h7-11H,3-6,17H2,1-2H3,(H,18,19,21). The van der Waals surface area contributed by atoms with Crippen molar-refractivity contribution in [2.45, 2.75) is 26.7 Å². The predicted octanol–water partition coefficient (Wildman–Crippen LogP) is 2.38. The van der Waals surface area contributed by atoms with Gasteiger partial charge in [0.1, 0.15) is 0 Å². The number of aromatic nitrogens is 2. The lowest BCUT2D eigenvalue weighted by Crippen LogP contribution is -2.35. The van der Waals surface area contributed by atoms with Crippen LogP contribution in [0.2, 0.25) is 0 Å². The maximum absolute atomic E-state index is 11.8. The highest BCUT2D eigenvalue weighted by atomic mass is 16.1. The number of nitrogen functional groups attached to an aromatic ring is 1. The number of nitrogens with two attached hydrogens (primary N) is 1. The molecule has 21 heavy (non-hydrogen) atoms. The Labute approximate surface area is 124 Å². The molecular weight excluding hydrogens is 264 g/mol. The van der Waals surface area contributed by atoms with Gasteiger partial charge in [-0.1, -0.05) is 13.8 Å². The van der Waals surface area contributed by atoms with Crippen molar-refractivity contribution in [2.75, 3.05) is 23.7 Å². The fraction of sp³-hybridized carbons (Fsp3) is 0.500. The van der Waals surface area contributed by atoms with Crippen LogP contribution in [-0.2, 0) is 0 Å². The van der Waals surface area contributed by atoms with Crippen LogP contribution in [0.15, 0.2) is 23.3 Å². The van der Waals surface area contributed by atoms with E-state index in [9.17, 15) is 4.79 Å². The summed E-state index contributed by atoms with van der Waals surface area (Å²) in [5.74, 6) is 1.53. The van der Waals surface area contributed by atoms with Gasteiger partial charge >= 0.3 is 0 Å². The number of rotatable bonds is 2. The Morgan fingerprint density at radius 3 is 2.71 bits per heavy atom. The summed E-state index contributed by atoms with van der Waals surface area (Å²) in [6.07, 6.45) is 3.82. The van der Waals surface area contributed by atoms with Gasteiger partial charge in [-0.05, 0) is 36.8 Å². The molecule has 5 heteroatoms. The molecule has 0 radical (unpaired) electrons. The highest BCUT2D eigenvalue weighted by molar-refractivity contribution is 5.88. The van der Waals surface area contributed by atoms with Crippen LogP contribution in [0.4, 0.5) is 11.4 Å². The van der Waals surface area contributed by atoms with E-state index < -0.39 is 0 Å². The SMILES string of the molecule is CC(C)C1CCN(c2cc3nc[nH]c(=O)c3cc2N)CC1. The van der Waals surface area contributed by atoms with E-state index in [1.165, 1.54) is 19.2 Å². The lowest BCUT2D eigenvalue weighted by molar-refractivity contribution is 0.311. The van der Waals surface area contributed by atoms with Crippen molar-refractivity contribution in [2.24, 2.45) is 11.8 Å². The van der Waals surface area contributed by atoms with Crippen LogP contribution in [-0.4, -0.2) is 23.1 Å². The molecule has 1 aliphatic rings. The summed E-state index contributed by atoms with van der Waals surface area (Å²) in [6, 6.07) is 3.68. The molecule has 1 fully saturated rings. The highest BCUT2D eigenvalue weighted by Crippen LogP contribution is 2.32. The molecule has 2 heterocycles. The summed E-state index contributed by atoms with van der Waals surface area (Å²) < 4.78 is 0. The predicted molar refractivity (Wildman–Crippen MR) is 86.6 cm³/mol. The maximum atomic E-state index is 11.8. The van der Waals surface area contributed by atoms with Gasteiger partial charge in [0.25, 0.3) is 5.56 Å². The van der Waals surface area contributed by atoms with Crippen molar-refractivity contribution >= 4 is 22.3 Å². The minimum atomic E-state index is -0.142. The average Bonchev–Trinajstić information content (AvgIpc) is 2.48. The summed E-state index contributed by atoms with van der Waals surface area (Å²) in [7, 11) is 0. The third-order valence-corrected chi connectivity index (χ3v) is 4.61.